The summed E-state index contributed by atoms with van der Waals surface area (Å²) in [5, 5.41) is 2.89. The summed E-state index contributed by atoms with van der Waals surface area (Å²) < 4.78 is 11.7. The van der Waals surface area contributed by atoms with E-state index in [2.05, 4.69) is 15.3 Å². The molecule has 1 N–H and O–H groups in total. The van der Waals surface area contributed by atoms with E-state index in [1.54, 1.807) is 12.4 Å². The number of nitrogens with one attached hydrogen (secondary N) is 1. The minimum absolute atomic E-state index is 0.348. The van der Waals surface area contributed by atoms with Crippen LogP contribution in [0, 0.1) is 6.92 Å². The third-order valence-corrected chi connectivity index (χ3v) is 1.41. The number of rotatable bonds is 4. The van der Waals surface area contributed by atoms with Gasteiger partial charge in [0.1, 0.15) is 6.67 Å². The van der Waals surface area contributed by atoms with Crippen LogP contribution in [-0.4, -0.2) is 23.2 Å². The van der Waals surface area contributed by atoms with Gasteiger partial charge >= 0.3 is 0 Å². The van der Waals surface area contributed by atoms with Gasteiger partial charge in [-0.05, 0) is 6.92 Å². The van der Waals surface area contributed by atoms with Gasteiger partial charge in [0.25, 0.3) is 0 Å². The van der Waals surface area contributed by atoms with E-state index in [0.29, 0.717) is 13.1 Å². The van der Waals surface area contributed by atoms with Gasteiger partial charge in [0.15, 0.2) is 0 Å². The summed E-state index contributed by atoms with van der Waals surface area (Å²) in [6.45, 7) is 2.48. The zero-order chi connectivity index (χ0) is 8.81. The third kappa shape index (κ3) is 2.92. The van der Waals surface area contributed by atoms with Gasteiger partial charge in [0.05, 0.1) is 11.4 Å². The van der Waals surface area contributed by atoms with Gasteiger partial charge in [-0.3, -0.25) is 9.97 Å². The van der Waals surface area contributed by atoms with Crippen molar-refractivity contribution in [2.45, 2.75) is 13.5 Å². The molecule has 0 bridgehead atoms. The molecule has 0 atom stereocenters. The highest BCUT2D eigenvalue weighted by molar-refractivity contribution is 4.99. The molecule has 12 heavy (non-hydrogen) atoms. The summed E-state index contributed by atoms with van der Waals surface area (Å²) >= 11 is 0. The number of alkyl halides is 1. The number of hydrogen-bond donors (Lipinski definition) is 1. The maximum Gasteiger partial charge on any atom is 0.102 e. The van der Waals surface area contributed by atoms with E-state index in [0.717, 1.165) is 11.4 Å². The fourth-order valence-corrected chi connectivity index (χ4v) is 0.794. The predicted octanol–water partition coefficient (Wildman–Crippen LogP) is 0.844. The molecule has 1 aromatic heterocycles. The zero-order valence-corrected chi connectivity index (χ0v) is 7.05. The molecule has 0 aliphatic rings. The van der Waals surface area contributed by atoms with Gasteiger partial charge in [0, 0.05) is 25.5 Å². The molecule has 1 rings (SSSR count). The van der Waals surface area contributed by atoms with Crippen LogP contribution in [-0.2, 0) is 6.54 Å². The standard InChI is InChI=1S/C8H12FN3/c1-7-4-12-8(6-11-7)5-10-3-2-9/h4,6,10H,2-3,5H2,1H3. The van der Waals surface area contributed by atoms with Crippen molar-refractivity contribution in [3.8, 4) is 0 Å². The molecule has 0 fully saturated rings. The topological polar surface area (TPSA) is 37.8 Å². The Labute approximate surface area is 71.0 Å². The Balaban J connectivity index is 2.37. The summed E-state index contributed by atoms with van der Waals surface area (Å²) in [5.41, 5.74) is 1.73. The summed E-state index contributed by atoms with van der Waals surface area (Å²) in [6.07, 6.45) is 3.40. The minimum Gasteiger partial charge on any atom is -0.309 e. The fourth-order valence-electron chi connectivity index (χ4n) is 0.794. The molecule has 0 aromatic carbocycles. The number of hydrogen-bond acceptors (Lipinski definition) is 3. The Morgan fingerprint density at radius 1 is 1.42 bits per heavy atom. The van der Waals surface area contributed by atoms with Crippen molar-refractivity contribution in [2.75, 3.05) is 13.2 Å². The second kappa shape index (κ2) is 4.77. The van der Waals surface area contributed by atoms with E-state index in [1.165, 1.54) is 0 Å². The highest BCUT2D eigenvalue weighted by atomic mass is 19.1. The zero-order valence-electron chi connectivity index (χ0n) is 7.05. The smallest absolute Gasteiger partial charge is 0.102 e. The summed E-state index contributed by atoms with van der Waals surface area (Å²) in [6, 6.07) is 0. The second-order valence-corrected chi connectivity index (χ2v) is 2.51. The highest BCUT2D eigenvalue weighted by Crippen LogP contribution is 1.92. The second-order valence-electron chi connectivity index (χ2n) is 2.51. The molecule has 0 aliphatic heterocycles. The first kappa shape index (κ1) is 9.06. The van der Waals surface area contributed by atoms with Crippen LogP contribution in [0.4, 0.5) is 4.39 Å². The van der Waals surface area contributed by atoms with Gasteiger partial charge in [-0.15, -0.1) is 0 Å². The first-order valence-electron chi connectivity index (χ1n) is 3.87. The van der Waals surface area contributed by atoms with Crippen molar-refractivity contribution >= 4 is 0 Å². The largest absolute Gasteiger partial charge is 0.309 e. The molecule has 0 radical (unpaired) electrons. The first-order valence-corrected chi connectivity index (χ1v) is 3.87. The SMILES string of the molecule is Cc1cnc(CNCCF)cn1. The molecule has 0 spiro atoms. The van der Waals surface area contributed by atoms with E-state index in [9.17, 15) is 4.39 Å². The molecule has 0 saturated carbocycles. The summed E-state index contributed by atoms with van der Waals surface area (Å²) in [4.78, 5) is 8.16. The fraction of sp³-hybridized carbons (Fsp3) is 0.500. The molecule has 66 valence electrons. The Hall–Kier alpha value is -1.03. The van der Waals surface area contributed by atoms with Crippen molar-refractivity contribution in [3.63, 3.8) is 0 Å². The quantitative estimate of drug-likeness (QED) is 0.679. The molecule has 0 saturated heterocycles. The average Bonchev–Trinajstić information content (AvgIpc) is 2.09. The maximum atomic E-state index is 11.7. The van der Waals surface area contributed by atoms with Crippen LogP contribution in [0.2, 0.25) is 0 Å². The highest BCUT2D eigenvalue weighted by Gasteiger charge is 1.93. The van der Waals surface area contributed by atoms with Crippen molar-refractivity contribution in [3.05, 3.63) is 23.8 Å². The molecule has 0 aliphatic carbocycles. The van der Waals surface area contributed by atoms with Gasteiger partial charge in [-0.2, -0.15) is 0 Å². The Kier molecular flexibility index (Phi) is 3.60. The minimum atomic E-state index is -0.348. The molecule has 0 amide bonds. The third-order valence-electron chi connectivity index (χ3n) is 1.41. The van der Waals surface area contributed by atoms with Gasteiger partial charge < -0.3 is 5.32 Å². The molecule has 1 aromatic rings. The van der Waals surface area contributed by atoms with Crippen molar-refractivity contribution in [2.24, 2.45) is 0 Å². The molecule has 3 nitrogen and oxygen atoms in total. The predicted molar refractivity (Wildman–Crippen MR) is 44.5 cm³/mol. The van der Waals surface area contributed by atoms with Crippen molar-refractivity contribution in [1.29, 1.82) is 0 Å². The van der Waals surface area contributed by atoms with E-state index in [1.807, 2.05) is 6.92 Å². The van der Waals surface area contributed by atoms with Crippen LogP contribution >= 0.6 is 0 Å². The van der Waals surface area contributed by atoms with Gasteiger partial charge in [0.2, 0.25) is 0 Å². The molecular weight excluding hydrogens is 157 g/mol. The van der Waals surface area contributed by atoms with Crippen LogP contribution in [0.1, 0.15) is 11.4 Å². The van der Waals surface area contributed by atoms with E-state index in [4.69, 9.17) is 0 Å². The molecule has 0 unspecified atom stereocenters. The number of aryl methyl sites for hydroxylation is 1. The molecular formula is C8H12FN3. The van der Waals surface area contributed by atoms with Crippen LogP contribution < -0.4 is 5.32 Å². The Morgan fingerprint density at radius 2 is 2.25 bits per heavy atom. The number of nitrogens with zero attached hydrogens (tertiary/aromatic N) is 2. The molecule has 4 heteroatoms. The number of aromatic nitrogens is 2. The maximum absolute atomic E-state index is 11.7. The van der Waals surface area contributed by atoms with Gasteiger partial charge in [-0.25, -0.2) is 4.39 Å². The Morgan fingerprint density at radius 3 is 2.83 bits per heavy atom. The molecule has 1 heterocycles. The van der Waals surface area contributed by atoms with E-state index in [-0.39, 0.29) is 6.67 Å². The summed E-state index contributed by atoms with van der Waals surface area (Å²) in [7, 11) is 0. The lowest BCUT2D eigenvalue weighted by atomic mass is 10.4. The van der Waals surface area contributed by atoms with Crippen molar-refractivity contribution < 1.29 is 4.39 Å². The van der Waals surface area contributed by atoms with Crippen LogP contribution in [0.3, 0.4) is 0 Å². The summed E-state index contributed by atoms with van der Waals surface area (Å²) in [5.74, 6) is 0. The first-order chi connectivity index (χ1) is 5.83. The van der Waals surface area contributed by atoms with E-state index >= 15 is 0 Å². The lowest BCUT2D eigenvalue weighted by Gasteiger charge is -2.00. The lowest BCUT2D eigenvalue weighted by molar-refractivity contribution is 0.465. The Bertz CT molecular complexity index is 222. The van der Waals surface area contributed by atoms with Crippen molar-refractivity contribution in [1.82, 2.24) is 15.3 Å². The van der Waals surface area contributed by atoms with E-state index < -0.39 is 0 Å². The lowest BCUT2D eigenvalue weighted by Crippen LogP contribution is -2.16. The normalized spacial score (nSPS) is 10.2. The van der Waals surface area contributed by atoms with Crippen LogP contribution in [0.5, 0.6) is 0 Å². The number of halogens is 1. The van der Waals surface area contributed by atoms with Crippen LogP contribution in [0.15, 0.2) is 12.4 Å². The average molecular weight is 169 g/mol. The monoisotopic (exact) mass is 169 g/mol. The van der Waals surface area contributed by atoms with Crippen LogP contribution in [0.25, 0.3) is 0 Å². The van der Waals surface area contributed by atoms with Gasteiger partial charge in [-0.1, -0.05) is 0 Å².